The maximum absolute atomic E-state index is 5.05. The molecule has 0 atom stereocenters. The van der Waals surface area contributed by atoms with Gasteiger partial charge in [-0.2, -0.15) is 4.98 Å². The fraction of sp³-hybridized carbons (Fsp3) is 0.750. The summed E-state index contributed by atoms with van der Waals surface area (Å²) >= 11 is 0. The average Bonchev–Trinajstić information content (AvgIpc) is 2.46. The smallest absolute Gasteiger partial charge is 0.227 e. The average molecular weight is 183 g/mol. The lowest BCUT2D eigenvalue weighted by Crippen LogP contribution is -2.43. The first-order chi connectivity index (χ1) is 6.38. The first kappa shape index (κ1) is 8.65. The minimum absolute atomic E-state index is 0.423. The van der Waals surface area contributed by atoms with Gasteiger partial charge in [0.1, 0.15) is 6.61 Å². The fourth-order valence-electron chi connectivity index (χ4n) is 1.30. The summed E-state index contributed by atoms with van der Waals surface area (Å²) in [5, 5.41) is 6.98. The molecule has 1 saturated heterocycles. The van der Waals surface area contributed by atoms with Crippen molar-refractivity contribution in [1.82, 2.24) is 15.5 Å². The van der Waals surface area contributed by atoms with E-state index in [-0.39, 0.29) is 0 Å². The maximum atomic E-state index is 5.05. The highest BCUT2D eigenvalue weighted by atomic mass is 16.5. The van der Waals surface area contributed by atoms with Crippen molar-refractivity contribution in [2.75, 3.05) is 20.2 Å². The first-order valence-electron chi connectivity index (χ1n) is 4.39. The normalized spacial score (nSPS) is 17.3. The lowest BCUT2D eigenvalue weighted by atomic mass is 10.00. The monoisotopic (exact) mass is 183 g/mol. The summed E-state index contributed by atoms with van der Waals surface area (Å²) in [6.07, 6.45) is 0.879. The van der Waals surface area contributed by atoms with Crippen LogP contribution in [-0.4, -0.2) is 30.3 Å². The summed E-state index contributed by atoms with van der Waals surface area (Å²) in [4.78, 5) is 4.19. The Kier molecular flexibility index (Phi) is 2.56. The molecule has 1 aromatic heterocycles. The van der Waals surface area contributed by atoms with Gasteiger partial charge in [-0.05, 0) is 19.0 Å². The molecule has 0 amide bonds. The van der Waals surface area contributed by atoms with Crippen LogP contribution in [0.25, 0.3) is 0 Å². The molecule has 0 unspecified atom stereocenters. The van der Waals surface area contributed by atoms with E-state index >= 15 is 0 Å². The quantitative estimate of drug-likeness (QED) is 0.710. The van der Waals surface area contributed by atoms with Crippen molar-refractivity contribution in [3.63, 3.8) is 0 Å². The largest absolute Gasteiger partial charge is 0.377 e. The Labute approximate surface area is 76.5 Å². The SMILES string of the molecule is COCc1noc(CC2CNC2)n1. The summed E-state index contributed by atoms with van der Waals surface area (Å²) in [5.41, 5.74) is 0. The van der Waals surface area contributed by atoms with Gasteiger partial charge in [-0.1, -0.05) is 5.16 Å². The number of methoxy groups -OCH3 is 1. The minimum atomic E-state index is 0.423. The Morgan fingerprint density at radius 3 is 3.08 bits per heavy atom. The molecular weight excluding hydrogens is 170 g/mol. The first-order valence-corrected chi connectivity index (χ1v) is 4.39. The number of hydrogen-bond donors (Lipinski definition) is 1. The summed E-state index contributed by atoms with van der Waals surface area (Å²) in [5.74, 6) is 2.01. The molecule has 2 heterocycles. The summed E-state index contributed by atoms with van der Waals surface area (Å²) in [6, 6.07) is 0. The van der Waals surface area contributed by atoms with Crippen molar-refractivity contribution in [2.45, 2.75) is 13.0 Å². The molecule has 1 aromatic rings. The second-order valence-electron chi connectivity index (χ2n) is 3.27. The van der Waals surface area contributed by atoms with Crippen molar-refractivity contribution in [3.05, 3.63) is 11.7 Å². The molecule has 72 valence electrons. The van der Waals surface area contributed by atoms with E-state index in [2.05, 4.69) is 15.5 Å². The number of nitrogens with zero attached hydrogens (tertiary/aromatic N) is 2. The van der Waals surface area contributed by atoms with Crippen LogP contribution in [0.5, 0.6) is 0 Å². The third-order valence-corrected chi connectivity index (χ3v) is 2.11. The highest BCUT2D eigenvalue weighted by Crippen LogP contribution is 2.10. The molecular formula is C8H13N3O2. The van der Waals surface area contributed by atoms with Gasteiger partial charge >= 0.3 is 0 Å². The second-order valence-corrected chi connectivity index (χ2v) is 3.27. The van der Waals surface area contributed by atoms with Gasteiger partial charge in [-0.25, -0.2) is 0 Å². The summed E-state index contributed by atoms with van der Waals surface area (Å²) < 4.78 is 9.94. The number of aromatic nitrogens is 2. The molecule has 1 aliphatic rings. The number of ether oxygens (including phenoxy) is 1. The van der Waals surface area contributed by atoms with Gasteiger partial charge in [0.05, 0.1) is 0 Å². The van der Waals surface area contributed by atoms with Crippen LogP contribution in [-0.2, 0) is 17.8 Å². The third-order valence-electron chi connectivity index (χ3n) is 2.11. The van der Waals surface area contributed by atoms with Crippen molar-refractivity contribution in [3.8, 4) is 0 Å². The molecule has 0 spiro atoms. The van der Waals surface area contributed by atoms with E-state index in [1.54, 1.807) is 7.11 Å². The molecule has 0 saturated carbocycles. The molecule has 0 radical (unpaired) electrons. The molecule has 0 aliphatic carbocycles. The second kappa shape index (κ2) is 3.85. The predicted molar refractivity (Wildman–Crippen MR) is 45.1 cm³/mol. The number of hydrogen-bond acceptors (Lipinski definition) is 5. The van der Waals surface area contributed by atoms with Gasteiger partial charge in [0, 0.05) is 13.5 Å². The van der Waals surface area contributed by atoms with E-state index in [4.69, 9.17) is 9.26 Å². The molecule has 1 aliphatic heterocycles. The Morgan fingerprint density at radius 2 is 2.46 bits per heavy atom. The fourth-order valence-corrected chi connectivity index (χ4v) is 1.30. The van der Waals surface area contributed by atoms with Crippen LogP contribution in [0.2, 0.25) is 0 Å². The molecule has 2 rings (SSSR count). The lowest BCUT2D eigenvalue weighted by molar-refractivity contribution is 0.174. The zero-order valence-corrected chi connectivity index (χ0v) is 7.62. The molecule has 5 heteroatoms. The standard InChI is InChI=1S/C8H13N3O2/c1-12-5-7-10-8(13-11-7)2-6-3-9-4-6/h6,9H,2-5H2,1H3. The highest BCUT2D eigenvalue weighted by molar-refractivity contribution is 4.89. The van der Waals surface area contributed by atoms with Crippen LogP contribution in [0.3, 0.4) is 0 Å². The third kappa shape index (κ3) is 2.05. The van der Waals surface area contributed by atoms with Gasteiger partial charge in [-0.3, -0.25) is 0 Å². The van der Waals surface area contributed by atoms with Crippen molar-refractivity contribution >= 4 is 0 Å². The molecule has 5 nitrogen and oxygen atoms in total. The Morgan fingerprint density at radius 1 is 1.62 bits per heavy atom. The van der Waals surface area contributed by atoms with E-state index < -0.39 is 0 Å². The van der Waals surface area contributed by atoms with Gasteiger partial charge in [-0.15, -0.1) is 0 Å². The Hall–Kier alpha value is -0.940. The van der Waals surface area contributed by atoms with Gasteiger partial charge in [0.2, 0.25) is 5.89 Å². The zero-order chi connectivity index (χ0) is 9.10. The Balaban J connectivity index is 1.88. The number of nitrogens with one attached hydrogen (secondary N) is 1. The lowest BCUT2D eigenvalue weighted by Gasteiger charge is -2.25. The van der Waals surface area contributed by atoms with Crippen LogP contribution in [0.4, 0.5) is 0 Å². The minimum Gasteiger partial charge on any atom is -0.377 e. The van der Waals surface area contributed by atoms with Crippen molar-refractivity contribution in [1.29, 1.82) is 0 Å². The van der Waals surface area contributed by atoms with Crippen LogP contribution in [0.15, 0.2) is 4.52 Å². The van der Waals surface area contributed by atoms with Gasteiger partial charge in [0.25, 0.3) is 0 Å². The molecule has 0 bridgehead atoms. The van der Waals surface area contributed by atoms with E-state index in [0.29, 0.717) is 18.3 Å². The van der Waals surface area contributed by atoms with E-state index in [1.807, 2.05) is 0 Å². The molecule has 13 heavy (non-hydrogen) atoms. The van der Waals surface area contributed by atoms with Crippen LogP contribution in [0, 0.1) is 5.92 Å². The molecule has 1 N–H and O–H groups in total. The van der Waals surface area contributed by atoms with Gasteiger partial charge < -0.3 is 14.6 Å². The maximum Gasteiger partial charge on any atom is 0.227 e. The number of rotatable bonds is 4. The highest BCUT2D eigenvalue weighted by Gasteiger charge is 2.20. The van der Waals surface area contributed by atoms with E-state index in [0.717, 1.165) is 25.4 Å². The Bertz CT molecular complexity index is 270. The van der Waals surface area contributed by atoms with Crippen LogP contribution >= 0.6 is 0 Å². The predicted octanol–water partition coefficient (Wildman–Crippen LogP) is -0.0221. The van der Waals surface area contributed by atoms with E-state index in [1.165, 1.54) is 0 Å². The van der Waals surface area contributed by atoms with Crippen molar-refractivity contribution < 1.29 is 9.26 Å². The summed E-state index contributed by atoms with van der Waals surface area (Å²) in [6.45, 7) is 2.54. The summed E-state index contributed by atoms with van der Waals surface area (Å²) in [7, 11) is 1.62. The molecule has 1 fully saturated rings. The van der Waals surface area contributed by atoms with Crippen LogP contribution in [0.1, 0.15) is 11.7 Å². The van der Waals surface area contributed by atoms with Crippen molar-refractivity contribution in [2.24, 2.45) is 5.92 Å². The molecule has 0 aromatic carbocycles. The van der Waals surface area contributed by atoms with Gasteiger partial charge in [0.15, 0.2) is 5.82 Å². The zero-order valence-electron chi connectivity index (χ0n) is 7.62. The van der Waals surface area contributed by atoms with Crippen LogP contribution < -0.4 is 5.32 Å². The topological polar surface area (TPSA) is 60.2 Å². The van der Waals surface area contributed by atoms with E-state index in [9.17, 15) is 0 Å².